The molecule has 0 aromatic heterocycles. The second-order valence-corrected chi connectivity index (χ2v) is 5.59. The van der Waals surface area contributed by atoms with Gasteiger partial charge in [0.1, 0.15) is 0 Å². The summed E-state index contributed by atoms with van der Waals surface area (Å²) >= 11 is 0. The van der Waals surface area contributed by atoms with Gasteiger partial charge >= 0.3 is 0 Å². The normalized spacial score (nSPS) is 23.6. The first-order chi connectivity index (χ1) is 9.14. The zero-order valence-corrected chi connectivity index (χ0v) is 11.9. The molecule has 19 heavy (non-hydrogen) atoms. The molecular formula is C16H24N2O. The standard InChI is InChI=1S/C16H24N2O/c1-4-7-14(5-2)16(8-6-9-16)15(19)18-12-10-17(3)11-13-18/h4-5,7H,1-2,6,8-13H2,3H3/b14-7+. The minimum absolute atomic E-state index is 0.292. The van der Waals surface area contributed by atoms with Crippen LogP contribution in [-0.4, -0.2) is 48.9 Å². The van der Waals surface area contributed by atoms with Crippen LogP contribution in [0, 0.1) is 5.41 Å². The molecule has 0 aromatic rings. The number of piperazine rings is 1. The molecule has 0 bridgehead atoms. The van der Waals surface area contributed by atoms with E-state index >= 15 is 0 Å². The number of hydrogen-bond donors (Lipinski definition) is 0. The fourth-order valence-corrected chi connectivity index (χ4v) is 3.02. The molecule has 1 aliphatic heterocycles. The first-order valence-electron chi connectivity index (χ1n) is 7.07. The Morgan fingerprint density at radius 1 is 1.16 bits per heavy atom. The largest absolute Gasteiger partial charge is 0.339 e. The molecule has 0 unspecified atom stereocenters. The van der Waals surface area contributed by atoms with E-state index in [2.05, 4.69) is 25.1 Å². The molecule has 104 valence electrons. The van der Waals surface area contributed by atoms with Crippen LogP contribution in [0.5, 0.6) is 0 Å². The lowest BCUT2D eigenvalue weighted by molar-refractivity contribution is -0.145. The van der Waals surface area contributed by atoms with Gasteiger partial charge in [0, 0.05) is 26.2 Å². The highest BCUT2D eigenvalue weighted by Crippen LogP contribution is 2.49. The molecule has 0 spiro atoms. The summed E-state index contributed by atoms with van der Waals surface area (Å²) in [5.41, 5.74) is 0.726. The van der Waals surface area contributed by atoms with Gasteiger partial charge in [-0.2, -0.15) is 0 Å². The van der Waals surface area contributed by atoms with Crippen LogP contribution in [0.25, 0.3) is 0 Å². The van der Waals surface area contributed by atoms with Gasteiger partial charge in [-0.1, -0.05) is 37.8 Å². The lowest BCUT2D eigenvalue weighted by Gasteiger charge is -2.46. The van der Waals surface area contributed by atoms with E-state index in [1.807, 2.05) is 17.1 Å². The maximum absolute atomic E-state index is 12.9. The molecule has 2 aliphatic rings. The molecule has 1 amide bonds. The molecule has 0 radical (unpaired) electrons. The van der Waals surface area contributed by atoms with Gasteiger partial charge in [0.15, 0.2) is 0 Å². The molecule has 1 aliphatic carbocycles. The first kappa shape index (κ1) is 14.1. The lowest BCUT2D eigenvalue weighted by atomic mass is 9.62. The highest BCUT2D eigenvalue weighted by atomic mass is 16.2. The van der Waals surface area contributed by atoms with Crippen molar-refractivity contribution >= 4 is 5.91 Å². The maximum Gasteiger partial charge on any atom is 0.233 e. The van der Waals surface area contributed by atoms with Crippen molar-refractivity contribution in [3.8, 4) is 0 Å². The van der Waals surface area contributed by atoms with Crippen molar-refractivity contribution in [3.05, 3.63) is 37.0 Å². The van der Waals surface area contributed by atoms with Crippen molar-refractivity contribution < 1.29 is 4.79 Å². The topological polar surface area (TPSA) is 23.6 Å². The highest BCUT2D eigenvalue weighted by Gasteiger charge is 2.48. The summed E-state index contributed by atoms with van der Waals surface area (Å²) in [4.78, 5) is 17.2. The smallest absolute Gasteiger partial charge is 0.233 e. The van der Waals surface area contributed by atoms with E-state index in [1.54, 1.807) is 6.08 Å². The van der Waals surface area contributed by atoms with Crippen LogP contribution >= 0.6 is 0 Å². The molecule has 0 N–H and O–H groups in total. The Kier molecular flexibility index (Phi) is 4.25. The lowest BCUT2D eigenvalue weighted by Crippen LogP contribution is -2.54. The molecule has 0 atom stereocenters. The Morgan fingerprint density at radius 2 is 1.79 bits per heavy atom. The van der Waals surface area contributed by atoms with Crippen LogP contribution in [-0.2, 0) is 4.79 Å². The number of allylic oxidation sites excluding steroid dienone is 3. The Morgan fingerprint density at radius 3 is 2.21 bits per heavy atom. The van der Waals surface area contributed by atoms with Gasteiger partial charge in [0.05, 0.1) is 5.41 Å². The van der Waals surface area contributed by atoms with Crippen molar-refractivity contribution in [2.24, 2.45) is 5.41 Å². The summed E-state index contributed by atoms with van der Waals surface area (Å²) < 4.78 is 0. The highest BCUT2D eigenvalue weighted by molar-refractivity contribution is 5.88. The predicted molar refractivity (Wildman–Crippen MR) is 78.8 cm³/mol. The number of carbonyl (C=O) groups is 1. The zero-order valence-electron chi connectivity index (χ0n) is 11.9. The second kappa shape index (κ2) is 5.74. The third-order valence-electron chi connectivity index (χ3n) is 4.48. The molecule has 1 heterocycles. The number of hydrogen-bond acceptors (Lipinski definition) is 2. The molecular weight excluding hydrogens is 236 g/mol. The maximum atomic E-state index is 12.9. The molecule has 3 heteroatoms. The fourth-order valence-electron chi connectivity index (χ4n) is 3.02. The summed E-state index contributed by atoms with van der Waals surface area (Å²) in [5, 5.41) is 0. The van der Waals surface area contributed by atoms with Gasteiger partial charge in [-0.05, 0) is 25.5 Å². The summed E-state index contributed by atoms with van der Waals surface area (Å²) in [5.74, 6) is 0.292. The van der Waals surface area contributed by atoms with Crippen molar-refractivity contribution in [1.82, 2.24) is 9.80 Å². The molecule has 3 nitrogen and oxygen atoms in total. The number of rotatable bonds is 4. The zero-order chi connectivity index (χ0) is 13.9. The van der Waals surface area contributed by atoms with E-state index in [0.717, 1.165) is 51.0 Å². The number of likely N-dealkylation sites (N-methyl/N-ethyl adjacent to an activating group) is 1. The molecule has 1 saturated heterocycles. The SMILES string of the molecule is C=C/C=C(\C=C)C1(C(=O)N2CCN(C)CC2)CCC1. The Bertz CT molecular complexity index is 399. The monoisotopic (exact) mass is 260 g/mol. The van der Waals surface area contributed by atoms with Crippen LogP contribution in [0.15, 0.2) is 37.0 Å². The molecule has 2 rings (SSSR count). The van der Waals surface area contributed by atoms with Crippen molar-refractivity contribution in [1.29, 1.82) is 0 Å². The summed E-state index contributed by atoms with van der Waals surface area (Å²) in [7, 11) is 2.10. The van der Waals surface area contributed by atoms with Crippen LogP contribution in [0.3, 0.4) is 0 Å². The van der Waals surface area contributed by atoms with Crippen LogP contribution in [0.2, 0.25) is 0 Å². The minimum atomic E-state index is -0.314. The average Bonchev–Trinajstić information content (AvgIpc) is 2.37. The summed E-state index contributed by atoms with van der Waals surface area (Å²) in [6, 6.07) is 0. The number of amides is 1. The predicted octanol–water partition coefficient (Wildman–Crippen LogP) is 2.23. The third-order valence-corrected chi connectivity index (χ3v) is 4.48. The van der Waals surface area contributed by atoms with Crippen LogP contribution in [0.4, 0.5) is 0 Å². The Balaban J connectivity index is 2.17. The van der Waals surface area contributed by atoms with Gasteiger partial charge < -0.3 is 9.80 Å². The molecule has 1 saturated carbocycles. The van der Waals surface area contributed by atoms with Gasteiger partial charge in [-0.15, -0.1) is 0 Å². The molecule has 0 aromatic carbocycles. The van der Waals surface area contributed by atoms with E-state index in [1.165, 1.54) is 0 Å². The van der Waals surface area contributed by atoms with Gasteiger partial charge in [-0.25, -0.2) is 0 Å². The van der Waals surface area contributed by atoms with Crippen molar-refractivity contribution in [2.75, 3.05) is 33.2 Å². The quantitative estimate of drug-likeness (QED) is 0.724. The fraction of sp³-hybridized carbons (Fsp3) is 0.562. The first-order valence-corrected chi connectivity index (χ1v) is 7.07. The summed E-state index contributed by atoms with van der Waals surface area (Å²) in [6.07, 6.45) is 8.55. The van der Waals surface area contributed by atoms with Gasteiger partial charge in [0.2, 0.25) is 5.91 Å². The van der Waals surface area contributed by atoms with Crippen LogP contribution < -0.4 is 0 Å². The molecule has 2 fully saturated rings. The summed E-state index contributed by atoms with van der Waals surface area (Å²) in [6.45, 7) is 11.2. The average molecular weight is 260 g/mol. The Hall–Kier alpha value is -1.35. The van der Waals surface area contributed by atoms with Crippen LogP contribution in [0.1, 0.15) is 19.3 Å². The van der Waals surface area contributed by atoms with E-state index < -0.39 is 0 Å². The van der Waals surface area contributed by atoms with E-state index in [-0.39, 0.29) is 5.41 Å². The third kappa shape index (κ3) is 2.52. The van der Waals surface area contributed by atoms with Crippen molar-refractivity contribution in [2.45, 2.75) is 19.3 Å². The number of carbonyl (C=O) groups excluding carboxylic acids is 1. The number of nitrogens with zero attached hydrogens (tertiary/aromatic N) is 2. The van der Waals surface area contributed by atoms with Gasteiger partial charge in [0.25, 0.3) is 0 Å². The van der Waals surface area contributed by atoms with E-state index in [0.29, 0.717) is 5.91 Å². The van der Waals surface area contributed by atoms with Crippen molar-refractivity contribution in [3.63, 3.8) is 0 Å². The Labute approximate surface area is 116 Å². The van der Waals surface area contributed by atoms with E-state index in [9.17, 15) is 4.79 Å². The minimum Gasteiger partial charge on any atom is -0.339 e. The second-order valence-electron chi connectivity index (χ2n) is 5.59. The van der Waals surface area contributed by atoms with Gasteiger partial charge in [-0.3, -0.25) is 4.79 Å². The van der Waals surface area contributed by atoms with E-state index in [4.69, 9.17) is 0 Å².